The largest absolute Gasteiger partial charge is 0.378 e. The van der Waals surface area contributed by atoms with Crippen LogP contribution in [0, 0.1) is 5.92 Å². The molecule has 9 nitrogen and oxygen atoms in total. The smallest absolute Gasteiger partial charge is 0.254 e. The number of benzene rings is 2. The summed E-state index contributed by atoms with van der Waals surface area (Å²) >= 11 is 0. The molecule has 1 saturated carbocycles. The van der Waals surface area contributed by atoms with Gasteiger partial charge < -0.3 is 29.0 Å². The molecule has 2 amide bonds. The number of imidazole rings is 1. The lowest BCUT2D eigenvalue weighted by atomic mass is 9.88. The number of fused-ring (bicyclic) bond motifs is 3. The Kier molecular flexibility index (Phi) is 6.98. The van der Waals surface area contributed by atoms with E-state index in [9.17, 15) is 9.59 Å². The molecule has 8 rings (SSSR count). The minimum absolute atomic E-state index is 0.0936. The molecule has 5 heterocycles. The van der Waals surface area contributed by atoms with Crippen LogP contribution in [0.3, 0.4) is 0 Å². The molecular weight excluding hydrogens is 552 g/mol. The van der Waals surface area contributed by atoms with Crippen molar-refractivity contribution in [3.05, 3.63) is 53.1 Å². The van der Waals surface area contributed by atoms with Crippen LogP contribution in [0.25, 0.3) is 33.5 Å². The third-order valence-corrected chi connectivity index (χ3v) is 10.4. The highest BCUT2D eigenvalue weighted by Crippen LogP contribution is 2.41. The number of aromatic nitrogens is 3. The number of carbonyl (C=O) groups is 2. The molecule has 0 spiro atoms. The normalized spacial score (nSPS) is 21.4. The van der Waals surface area contributed by atoms with E-state index in [0.29, 0.717) is 25.0 Å². The molecule has 0 unspecified atom stereocenters. The van der Waals surface area contributed by atoms with Crippen LogP contribution in [0.1, 0.15) is 60.0 Å². The predicted octanol–water partition coefficient (Wildman–Crippen LogP) is 4.32. The van der Waals surface area contributed by atoms with Gasteiger partial charge in [0.25, 0.3) is 5.91 Å². The van der Waals surface area contributed by atoms with Crippen LogP contribution in [0.15, 0.2) is 36.4 Å². The maximum absolute atomic E-state index is 13.6. The van der Waals surface area contributed by atoms with E-state index < -0.39 is 0 Å². The molecule has 9 heteroatoms. The van der Waals surface area contributed by atoms with Crippen LogP contribution in [-0.2, 0) is 29.5 Å². The predicted molar refractivity (Wildman–Crippen MR) is 171 cm³/mol. The van der Waals surface area contributed by atoms with Gasteiger partial charge in [0.05, 0.1) is 35.5 Å². The van der Waals surface area contributed by atoms with Crippen LogP contribution in [0.5, 0.6) is 0 Å². The Balaban J connectivity index is 1.17. The van der Waals surface area contributed by atoms with Crippen molar-refractivity contribution in [2.24, 2.45) is 13.0 Å². The summed E-state index contributed by atoms with van der Waals surface area (Å²) in [4.78, 5) is 34.8. The van der Waals surface area contributed by atoms with Gasteiger partial charge in [-0.15, -0.1) is 0 Å². The average molecular weight is 595 g/mol. The van der Waals surface area contributed by atoms with Crippen molar-refractivity contribution in [2.75, 3.05) is 45.9 Å². The number of likely N-dealkylation sites (tertiary alicyclic amines) is 1. The van der Waals surface area contributed by atoms with Crippen molar-refractivity contribution in [1.29, 1.82) is 0 Å². The Morgan fingerprint density at radius 3 is 2.66 bits per heavy atom. The maximum atomic E-state index is 13.6. The second kappa shape index (κ2) is 11.0. The molecule has 0 radical (unpaired) electrons. The zero-order valence-corrected chi connectivity index (χ0v) is 25.8. The Hall–Kier alpha value is -3.69. The van der Waals surface area contributed by atoms with Gasteiger partial charge in [0.1, 0.15) is 0 Å². The molecule has 4 aromatic rings. The third-order valence-electron chi connectivity index (χ3n) is 10.4. The third kappa shape index (κ3) is 4.90. The van der Waals surface area contributed by atoms with Gasteiger partial charge >= 0.3 is 0 Å². The highest BCUT2D eigenvalue weighted by Gasteiger charge is 2.31. The van der Waals surface area contributed by atoms with Crippen molar-refractivity contribution in [2.45, 2.75) is 57.5 Å². The van der Waals surface area contributed by atoms with E-state index in [1.807, 2.05) is 15.9 Å². The molecule has 2 aromatic carbocycles. The zero-order chi connectivity index (χ0) is 29.9. The number of amides is 2. The van der Waals surface area contributed by atoms with Crippen molar-refractivity contribution < 1.29 is 14.3 Å². The SMILES string of the molecule is CC(=O)N1CCC(c2cccc3cc(-c4nc5cc6c(cc5n4C)CCN(C[C@H]4COCCN4)C6=O)n(CC4CC4)c23)CC1. The fourth-order valence-corrected chi connectivity index (χ4v) is 7.74. The van der Waals surface area contributed by atoms with Gasteiger partial charge in [-0.25, -0.2) is 4.98 Å². The first-order chi connectivity index (χ1) is 21.4. The summed E-state index contributed by atoms with van der Waals surface area (Å²) in [5, 5.41) is 4.74. The van der Waals surface area contributed by atoms with Crippen LogP contribution in [0.4, 0.5) is 0 Å². The molecule has 1 aliphatic carbocycles. The van der Waals surface area contributed by atoms with Gasteiger partial charge in [0.2, 0.25) is 5.91 Å². The number of morpholine rings is 1. The van der Waals surface area contributed by atoms with Crippen LogP contribution >= 0.6 is 0 Å². The molecule has 0 bridgehead atoms. The highest BCUT2D eigenvalue weighted by atomic mass is 16.5. The molecule has 1 atom stereocenters. The number of nitrogens with one attached hydrogen (secondary N) is 1. The van der Waals surface area contributed by atoms with E-state index in [-0.39, 0.29) is 17.9 Å². The van der Waals surface area contributed by atoms with Crippen molar-refractivity contribution >= 4 is 33.8 Å². The molecule has 3 aliphatic heterocycles. The highest BCUT2D eigenvalue weighted by molar-refractivity contribution is 6.01. The number of aryl methyl sites for hydroxylation is 1. The monoisotopic (exact) mass is 594 g/mol. The standard InChI is InChI=1S/C35H42N6O3/c1-22(42)39-12-8-24(9-13-39)28-5-3-4-26-17-32(41(33(26)28)19-23-6-7-23)34-37-30-18-29-25(16-31(30)38(34)2)10-14-40(35(29)43)20-27-21-44-15-11-36-27/h3-5,16-18,23-24,27,36H,6-15,19-21H2,1-2H3/t27-/m0/s1. The summed E-state index contributed by atoms with van der Waals surface area (Å²) in [6.45, 7) is 7.92. The molecule has 2 aromatic heterocycles. The van der Waals surface area contributed by atoms with E-state index in [1.54, 1.807) is 6.92 Å². The van der Waals surface area contributed by atoms with Gasteiger partial charge in [-0.2, -0.15) is 0 Å². The van der Waals surface area contributed by atoms with Gasteiger partial charge in [-0.1, -0.05) is 18.2 Å². The average Bonchev–Trinajstić information content (AvgIpc) is 3.72. The van der Waals surface area contributed by atoms with Gasteiger partial charge in [0, 0.05) is 70.2 Å². The van der Waals surface area contributed by atoms with Crippen LogP contribution in [0.2, 0.25) is 0 Å². The Labute approximate surface area is 258 Å². The number of carbonyl (C=O) groups excluding carboxylic acids is 2. The van der Waals surface area contributed by atoms with Gasteiger partial charge in [-0.05, 0) is 73.3 Å². The lowest BCUT2D eigenvalue weighted by Crippen LogP contribution is -2.51. The van der Waals surface area contributed by atoms with Crippen molar-refractivity contribution in [1.82, 2.24) is 29.2 Å². The quantitative estimate of drug-likeness (QED) is 0.360. The van der Waals surface area contributed by atoms with E-state index in [2.05, 4.69) is 51.8 Å². The number of ether oxygens (including phenoxy) is 1. The summed E-state index contributed by atoms with van der Waals surface area (Å²) in [6.07, 6.45) is 5.38. The number of hydrogen-bond acceptors (Lipinski definition) is 5. The number of piperidine rings is 1. The second-order valence-corrected chi connectivity index (χ2v) is 13.4. The maximum Gasteiger partial charge on any atom is 0.254 e. The van der Waals surface area contributed by atoms with E-state index in [1.165, 1.54) is 29.3 Å². The van der Waals surface area contributed by atoms with Crippen LogP contribution < -0.4 is 5.32 Å². The van der Waals surface area contributed by atoms with Crippen molar-refractivity contribution in [3.8, 4) is 11.5 Å². The Morgan fingerprint density at radius 1 is 1.07 bits per heavy atom. The zero-order valence-electron chi connectivity index (χ0n) is 25.8. The molecule has 44 heavy (non-hydrogen) atoms. The fourth-order valence-electron chi connectivity index (χ4n) is 7.74. The molecule has 4 aliphatic rings. The molecular formula is C35H42N6O3. The minimum atomic E-state index is 0.0936. The van der Waals surface area contributed by atoms with E-state index in [4.69, 9.17) is 9.72 Å². The van der Waals surface area contributed by atoms with Gasteiger partial charge in [-0.3, -0.25) is 9.59 Å². The number of nitrogens with zero attached hydrogens (tertiary/aromatic N) is 5. The summed E-state index contributed by atoms with van der Waals surface area (Å²) in [5.74, 6) is 2.35. The number of para-hydroxylation sites is 1. The Bertz CT molecular complexity index is 1750. The first-order valence-corrected chi connectivity index (χ1v) is 16.4. The first kappa shape index (κ1) is 27.8. The lowest BCUT2D eigenvalue weighted by molar-refractivity contribution is -0.129. The summed E-state index contributed by atoms with van der Waals surface area (Å²) in [6, 6.07) is 13.4. The molecule has 2 saturated heterocycles. The molecule has 3 fully saturated rings. The van der Waals surface area contributed by atoms with E-state index in [0.717, 1.165) is 92.3 Å². The molecule has 230 valence electrons. The van der Waals surface area contributed by atoms with Gasteiger partial charge in [0.15, 0.2) is 5.82 Å². The summed E-state index contributed by atoms with van der Waals surface area (Å²) < 4.78 is 10.4. The summed E-state index contributed by atoms with van der Waals surface area (Å²) in [7, 11) is 2.11. The first-order valence-electron chi connectivity index (χ1n) is 16.4. The Morgan fingerprint density at radius 2 is 1.91 bits per heavy atom. The minimum Gasteiger partial charge on any atom is -0.378 e. The molecule has 1 N–H and O–H groups in total. The van der Waals surface area contributed by atoms with Crippen LogP contribution in [-0.4, -0.2) is 87.7 Å². The van der Waals surface area contributed by atoms with E-state index >= 15 is 0 Å². The fraction of sp³-hybridized carbons (Fsp3) is 0.514. The number of hydrogen-bond donors (Lipinski definition) is 1. The number of rotatable bonds is 6. The van der Waals surface area contributed by atoms with Crippen molar-refractivity contribution in [3.63, 3.8) is 0 Å². The lowest BCUT2D eigenvalue weighted by Gasteiger charge is -2.33. The second-order valence-electron chi connectivity index (χ2n) is 13.4. The topological polar surface area (TPSA) is 84.6 Å². The summed E-state index contributed by atoms with van der Waals surface area (Å²) in [5.41, 5.74) is 7.71.